The molecule has 0 spiro atoms. The van der Waals surface area contributed by atoms with Crippen LogP contribution in [0.4, 0.5) is 0 Å². The third-order valence-electron chi connectivity index (χ3n) is 4.12. The van der Waals surface area contributed by atoms with Gasteiger partial charge in [-0.05, 0) is 18.6 Å². The van der Waals surface area contributed by atoms with Crippen LogP contribution in [0, 0.1) is 0 Å². The standard InChI is InChI=1S/C22H23O4/c1-2-3-4-5-6-15-21(24)26-20-14-10-9-13-19(20)22(25)18-12-8-7-11-17(18)16-23/h7-14H,2-6,15H2,1H3. The van der Waals surface area contributed by atoms with Gasteiger partial charge in [0.05, 0.1) is 5.56 Å². The summed E-state index contributed by atoms with van der Waals surface area (Å²) in [7, 11) is 0. The number of hydrogen-bond acceptors (Lipinski definition) is 4. The highest BCUT2D eigenvalue weighted by Gasteiger charge is 2.19. The van der Waals surface area contributed by atoms with Crippen LogP contribution in [0.1, 0.15) is 66.9 Å². The molecule has 0 N–H and O–H groups in total. The number of benzene rings is 2. The van der Waals surface area contributed by atoms with Gasteiger partial charge in [0.2, 0.25) is 6.29 Å². The molecule has 4 nitrogen and oxygen atoms in total. The minimum atomic E-state index is -0.365. The van der Waals surface area contributed by atoms with Gasteiger partial charge in [0.15, 0.2) is 5.78 Å². The fourth-order valence-corrected chi connectivity index (χ4v) is 2.70. The summed E-state index contributed by atoms with van der Waals surface area (Å²) in [5.74, 6) is -0.496. The quantitative estimate of drug-likeness (QED) is 0.271. The van der Waals surface area contributed by atoms with E-state index in [2.05, 4.69) is 6.92 Å². The molecule has 0 saturated carbocycles. The van der Waals surface area contributed by atoms with Crippen molar-refractivity contribution in [3.63, 3.8) is 0 Å². The zero-order valence-corrected chi connectivity index (χ0v) is 15.0. The van der Waals surface area contributed by atoms with Gasteiger partial charge in [0, 0.05) is 17.5 Å². The van der Waals surface area contributed by atoms with Crippen LogP contribution in [0.25, 0.3) is 0 Å². The monoisotopic (exact) mass is 351 g/mol. The zero-order chi connectivity index (χ0) is 18.8. The average molecular weight is 351 g/mol. The number of carbonyl (C=O) groups excluding carboxylic acids is 3. The summed E-state index contributed by atoms with van der Waals surface area (Å²) in [6, 6.07) is 13.0. The van der Waals surface area contributed by atoms with Gasteiger partial charge in [0.25, 0.3) is 0 Å². The van der Waals surface area contributed by atoms with Crippen molar-refractivity contribution in [2.45, 2.75) is 45.4 Å². The molecule has 1 radical (unpaired) electrons. The van der Waals surface area contributed by atoms with Gasteiger partial charge >= 0.3 is 5.97 Å². The van der Waals surface area contributed by atoms with Crippen molar-refractivity contribution in [3.8, 4) is 5.75 Å². The summed E-state index contributed by atoms with van der Waals surface area (Å²) in [6.07, 6.45) is 7.29. The first kappa shape index (κ1) is 19.6. The minimum absolute atomic E-state index is 0.189. The van der Waals surface area contributed by atoms with Gasteiger partial charge in [-0.2, -0.15) is 0 Å². The first-order valence-corrected chi connectivity index (χ1v) is 8.99. The fraction of sp³-hybridized carbons (Fsp3) is 0.318. The highest BCUT2D eigenvalue weighted by atomic mass is 16.5. The van der Waals surface area contributed by atoms with E-state index in [9.17, 15) is 14.4 Å². The van der Waals surface area contributed by atoms with Gasteiger partial charge in [-0.15, -0.1) is 0 Å². The molecule has 0 aliphatic rings. The number of rotatable bonds is 10. The van der Waals surface area contributed by atoms with Crippen LogP contribution in [-0.4, -0.2) is 18.0 Å². The number of unbranched alkanes of at least 4 members (excludes halogenated alkanes) is 4. The Morgan fingerprint density at radius 2 is 1.54 bits per heavy atom. The van der Waals surface area contributed by atoms with Crippen LogP contribution in [-0.2, 0) is 9.59 Å². The number of carbonyl (C=O) groups is 2. The topological polar surface area (TPSA) is 60.4 Å². The van der Waals surface area contributed by atoms with Crippen LogP contribution in [0.2, 0.25) is 0 Å². The van der Waals surface area contributed by atoms with E-state index in [0.29, 0.717) is 6.42 Å². The van der Waals surface area contributed by atoms with E-state index in [1.807, 2.05) is 0 Å². The Hall–Kier alpha value is -2.75. The molecule has 0 heterocycles. The predicted octanol–water partition coefficient (Wildman–Crippen LogP) is 4.64. The molecular weight excluding hydrogens is 328 g/mol. The molecule has 0 atom stereocenters. The van der Waals surface area contributed by atoms with Gasteiger partial charge in [-0.25, -0.2) is 0 Å². The lowest BCUT2D eigenvalue weighted by atomic mass is 9.98. The molecule has 0 amide bonds. The van der Waals surface area contributed by atoms with Crippen LogP contribution in [0.15, 0.2) is 48.5 Å². The summed E-state index contributed by atoms with van der Waals surface area (Å²) < 4.78 is 5.41. The molecule has 2 rings (SSSR count). The summed E-state index contributed by atoms with van der Waals surface area (Å²) in [4.78, 5) is 35.9. The van der Waals surface area contributed by atoms with Crippen molar-refractivity contribution in [1.82, 2.24) is 0 Å². The largest absolute Gasteiger partial charge is 0.426 e. The Balaban J connectivity index is 2.09. The first-order chi connectivity index (χ1) is 12.7. The van der Waals surface area contributed by atoms with E-state index in [1.54, 1.807) is 48.8 Å². The van der Waals surface area contributed by atoms with Gasteiger partial charge < -0.3 is 4.74 Å². The van der Waals surface area contributed by atoms with Crippen molar-refractivity contribution in [2.24, 2.45) is 0 Å². The third-order valence-corrected chi connectivity index (χ3v) is 4.12. The summed E-state index contributed by atoms with van der Waals surface area (Å²) in [5.41, 5.74) is 0.689. The van der Waals surface area contributed by atoms with E-state index >= 15 is 0 Å². The number of para-hydroxylation sites is 1. The number of ether oxygens (including phenoxy) is 1. The molecule has 0 saturated heterocycles. The molecule has 0 aromatic heterocycles. The Morgan fingerprint density at radius 3 is 2.27 bits per heavy atom. The lowest BCUT2D eigenvalue weighted by Crippen LogP contribution is -2.12. The molecular formula is C22H23O4. The van der Waals surface area contributed by atoms with Crippen LogP contribution in [0.3, 0.4) is 0 Å². The molecule has 4 heteroatoms. The third kappa shape index (κ3) is 5.38. The highest BCUT2D eigenvalue weighted by molar-refractivity contribution is 6.14. The van der Waals surface area contributed by atoms with E-state index in [1.165, 1.54) is 12.5 Å². The van der Waals surface area contributed by atoms with Gasteiger partial charge in [-0.1, -0.05) is 69.0 Å². The predicted molar refractivity (Wildman–Crippen MR) is 100 cm³/mol. The summed E-state index contributed by atoms with van der Waals surface area (Å²) >= 11 is 0. The SMILES string of the molecule is CCCCCCCC(=O)Oc1ccccc1C(=O)c1ccccc1[C]=O. The average Bonchev–Trinajstić information content (AvgIpc) is 2.67. The Morgan fingerprint density at radius 1 is 0.885 bits per heavy atom. The smallest absolute Gasteiger partial charge is 0.311 e. The number of esters is 1. The second kappa shape index (κ2) is 10.3. The molecule has 2 aromatic rings. The molecule has 0 unspecified atom stereocenters. The van der Waals surface area contributed by atoms with Crippen molar-refractivity contribution in [2.75, 3.05) is 0 Å². The lowest BCUT2D eigenvalue weighted by molar-refractivity contribution is -0.134. The van der Waals surface area contributed by atoms with E-state index in [0.717, 1.165) is 25.7 Å². The Bertz CT molecular complexity index is 764. The van der Waals surface area contributed by atoms with Crippen LogP contribution >= 0.6 is 0 Å². The highest BCUT2D eigenvalue weighted by Crippen LogP contribution is 2.23. The number of ketones is 1. The van der Waals surface area contributed by atoms with E-state index < -0.39 is 0 Å². The molecule has 135 valence electrons. The van der Waals surface area contributed by atoms with Gasteiger partial charge in [-0.3, -0.25) is 14.4 Å². The maximum atomic E-state index is 12.8. The Labute approximate surface area is 154 Å². The Kier molecular flexibility index (Phi) is 7.75. The van der Waals surface area contributed by atoms with Crippen molar-refractivity contribution in [1.29, 1.82) is 0 Å². The van der Waals surface area contributed by atoms with E-state index in [4.69, 9.17) is 4.74 Å². The van der Waals surface area contributed by atoms with Crippen LogP contribution < -0.4 is 4.74 Å². The fourth-order valence-electron chi connectivity index (χ4n) is 2.70. The maximum absolute atomic E-state index is 12.8. The van der Waals surface area contributed by atoms with Gasteiger partial charge in [0.1, 0.15) is 5.75 Å². The molecule has 2 aromatic carbocycles. The molecule has 0 bridgehead atoms. The summed E-state index contributed by atoms with van der Waals surface area (Å²) in [6.45, 7) is 2.14. The first-order valence-electron chi connectivity index (χ1n) is 8.99. The second-order valence-electron chi connectivity index (χ2n) is 6.11. The van der Waals surface area contributed by atoms with Crippen LogP contribution in [0.5, 0.6) is 5.75 Å². The normalized spacial score (nSPS) is 10.3. The zero-order valence-electron chi connectivity index (χ0n) is 15.0. The van der Waals surface area contributed by atoms with Crippen molar-refractivity contribution in [3.05, 3.63) is 65.2 Å². The minimum Gasteiger partial charge on any atom is -0.426 e. The molecule has 0 aliphatic carbocycles. The van der Waals surface area contributed by atoms with E-state index in [-0.39, 0.29) is 34.2 Å². The second-order valence-corrected chi connectivity index (χ2v) is 6.11. The number of hydrogen-bond donors (Lipinski definition) is 0. The molecule has 0 aliphatic heterocycles. The lowest BCUT2D eigenvalue weighted by Gasteiger charge is -2.10. The van der Waals surface area contributed by atoms with Crippen molar-refractivity contribution >= 4 is 18.0 Å². The van der Waals surface area contributed by atoms with Crippen molar-refractivity contribution < 1.29 is 19.1 Å². The molecule has 0 fully saturated rings. The maximum Gasteiger partial charge on any atom is 0.311 e. The summed E-state index contributed by atoms with van der Waals surface area (Å²) in [5, 5.41) is 0. The molecule has 26 heavy (non-hydrogen) atoms.